The first-order chi connectivity index (χ1) is 31.5. The molecule has 0 N–H and O–H groups in total. The molecule has 0 saturated carbocycles. The summed E-state index contributed by atoms with van der Waals surface area (Å²) < 4.78 is 141. The Morgan fingerprint density at radius 2 is 0.941 bits per heavy atom. The number of fused-ring (bicyclic) bond motifs is 9. The van der Waals surface area contributed by atoms with Crippen LogP contribution < -0.4 is 0 Å². The Morgan fingerprint density at radius 1 is 0.353 bits per heavy atom. The zero-order valence-corrected chi connectivity index (χ0v) is 26.6. The fraction of sp³-hybridized carbons (Fsp3) is 0. The third kappa shape index (κ3) is 4.35. The lowest BCUT2D eigenvalue weighted by atomic mass is 9.85. The van der Waals surface area contributed by atoms with Gasteiger partial charge in [0.1, 0.15) is 11.2 Å². The van der Waals surface area contributed by atoms with Crippen LogP contribution in [0, 0.1) is 0 Å². The van der Waals surface area contributed by atoms with Crippen molar-refractivity contribution in [2.75, 3.05) is 0 Å². The van der Waals surface area contributed by atoms with Crippen LogP contribution in [0.2, 0.25) is 0 Å². The lowest BCUT2D eigenvalue weighted by Gasteiger charge is -2.18. The molecule has 0 amide bonds. The Hall–Kier alpha value is -6.70. The average Bonchev–Trinajstić information content (AvgIpc) is 3.71. The molecule has 0 saturated heterocycles. The van der Waals surface area contributed by atoms with Crippen molar-refractivity contribution >= 4 is 75.8 Å². The second-order valence-corrected chi connectivity index (χ2v) is 12.5. The van der Waals surface area contributed by atoms with Crippen molar-refractivity contribution in [3.05, 3.63) is 182 Å². The standard InChI is InChI=1S/C50H30O/c1-2-11-33-28-38(21-17-31(33)9-1)48-41-13-5-7-15-43(41)49(44-16-8-6-14-42(44)48)39-22-20-34-27-35(18-19-36(34)29-39)37-23-25-45-47(30-37)51-46-26-24-32-10-3-4-12-40(32)50(45)46/h1-30H/i1D,2D,5D,6D,7D,8D,9D,11D,13D,14D,15D,16D,17D,21D,28D. The third-order valence-electron chi connectivity index (χ3n) is 9.70. The first-order valence-corrected chi connectivity index (χ1v) is 16.4. The number of hydrogen-bond acceptors (Lipinski definition) is 1. The van der Waals surface area contributed by atoms with Crippen LogP contribution in [0.1, 0.15) is 20.6 Å². The van der Waals surface area contributed by atoms with Crippen LogP contribution in [0.3, 0.4) is 0 Å². The number of hydrogen-bond donors (Lipinski definition) is 0. The quantitative estimate of drug-likeness (QED) is 0.172. The fourth-order valence-corrected chi connectivity index (χ4v) is 7.38. The van der Waals surface area contributed by atoms with Crippen LogP contribution in [0.5, 0.6) is 0 Å². The molecule has 51 heavy (non-hydrogen) atoms. The first-order valence-electron chi connectivity index (χ1n) is 23.9. The molecular weight excluding hydrogens is 617 g/mol. The first kappa shape index (κ1) is 17.3. The predicted molar refractivity (Wildman–Crippen MR) is 218 cm³/mol. The molecule has 1 heteroatoms. The van der Waals surface area contributed by atoms with E-state index in [9.17, 15) is 8.22 Å². The molecule has 0 aliphatic rings. The topological polar surface area (TPSA) is 13.1 Å². The van der Waals surface area contributed by atoms with Crippen LogP contribution in [0.4, 0.5) is 0 Å². The molecule has 0 aliphatic heterocycles. The maximum Gasteiger partial charge on any atom is 0.136 e. The normalized spacial score (nSPS) is 16.0. The van der Waals surface area contributed by atoms with Gasteiger partial charge in [0.2, 0.25) is 0 Å². The Bertz CT molecular complexity index is 3980. The lowest BCUT2D eigenvalue weighted by Crippen LogP contribution is -1.91. The highest BCUT2D eigenvalue weighted by molar-refractivity contribution is 6.22. The molecule has 1 nitrogen and oxygen atoms in total. The molecule has 0 spiro atoms. The highest BCUT2D eigenvalue weighted by Gasteiger charge is 2.17. The smallest absolute Gasteiger partial charge is 0.136 e. The third-order valence-corrected chi connectivity index (χ3v) is 9.70. The predicted octanol–water partition coefficient (Wildman–Crippen LogP) is 14.4. The highest BCUT2D eigenvalue weighted by atomic mass is 16.3. The molecule has 0 atom stereocenters. The van der Waals surface area contributed by atoms with Crippen molar-refractivity contribution in [1.29, 1.82) is 0 Å². The summed E-state index contributed by atoms with van der Waals surface area (Å²) in [6.45, 7) is 0. The van der Waals surface area contributed by atoms with Crippen molar-refractivity contribution in [3.63, 3.8) is 0 Å². The Morgan fingerprint density at radius 3 is 1.71 bits per heavy atom. The summed E-state index contributed by atoms with van der Waals surface area (Å²) in [5.74, 6) is 0. The van der Waals surface area contributed by atoms with Gasteiger partial charge in [0.15, 0.2) is 0 Å². The average molecular weight is 662 g/mol. The second-order valence-electron chi connectivity index (χ2n) is 12.5. The highest BCUT2D eigenvalue weighted by Crippen LogP contribution is 2.45. The molecule has 1 aromatic heterocycles. The number of furan rings is 1. The molecule has 11 rings (SSSR count). The fourth-order valence-electron chi connectivity index (χ4n) is 7.38. The minimum absolute atomic E-state index is 0.0449. The van der Waals surface area contributed by atoms with Gasteiger partial charge in [-0.25, -0.2) is 0 Å². The Kier molecular flexibility index (Phi) is 3.70. The summed E-state index contributed by atoms with van der Waals surface area (Å²) in [7, 11) is 0. The van der Waals surface area contributed by atoms with Gasteiger partial charge in [-0.15, -0.1) is 0 Å². The van der Waals surface area contributed by atoms with E-state index in [1.54, 1.807) is 12.1 Å². The number of benzene rings is 10. The monoisotopic (exact) mass is 661 g/mol. The zero-order chi connectivity index (χ0) is 46.5. The van der Waals surface area contributed by atoms with E-state index in [0.29, 0.717) is 10.9 Å². The van der Waals surface area contributed by atoms with Crippen LogP contribution in [-0.4, -0.2) is 0 Å². The van der Waals surface area contributed by atoms with E-state index >= 15 is 0 Å². The van der Waals surface area contributed by atoms with E-state index in [0.717, 1.165) is 49.2 Å². The molecule has 10 aromatic carbocycles. The second kappa shape index (κ2) is 10.9. The van der Waals surface area contributed by atoms with E-state index in [1.165, 1.54) is 0 Å². The van der Waals surface area contributed by atoms with Gasteiger partial charge >= 0.3 is 0 Å². The summed E-state index contributed by atoms with van der Waals surface area (Å²) >= 11 is 0. The van der Waals surface area contributed by atoms with Gasteiger partial charge in [-0.05, 0) is 124 Å². The molecule has 236 valence electrons. The van der Waals surface area contributed by atoms with E-state index in [1.807, 2.05) is 60.7 Å². The van der Waals surface area contributed by atoms with Crippen molar-refractivity contribution in [3.8, 4) is 33.4 Å². The summed E-state index contributed by atoms with van der Waals surface area (Å²) in [5, 5.41) is 3.98. The van der Waals surface area contributed by atoms with Crippen LogP contribution in [0.15, 0.2) is 186 Å². The molecule has 0 bridgehead atoms. The van der Waals surface area contributed by atoms with Crippen LogP contribution in [0.25, 0.3) is 109 Å². The zero-order valence-electron chi connectivity index (χ0n) is 41.6. The minimum atomic E-state index is -0.734. The SMILES string of the molecule is [2H]c1c([2H])c([2H])c2c([2H])c(-c3c4c([2H])c([2H])c([2H])c([2H])c4c(-c4ccc5cc(-c6ccc7c(c6)oc6ccc8ccccc8c67)ccc5c4)c4c([2H])c([2H])c([2H])c([2H])c34)c([2H])c([2H])c2c1[2H]. The Labute approximate surface area is 315 Å². The van der Waals surface area contributed by atoms with Crippen LogP contribution >= 0.6 is 0 Å². The van der Waals surface area contributed by atoms with Gasteiger partial charge in [-0.1, -0.05) is 145 Å². The minimum Gasteiger partial charge on any atom is -0.456 e. The number of rotatable bonds is 3. The molecule has 1 heterocycles. The molecule has 0 aliphatic carbocycles. The van der Waals surface area contributed by atoms with Crippen molar-refractivity contribution < 1.29 is 25.0 Å². The Balaban J connectivity index is 1.19. The lowest BCUT2D eigenvalue weighted by molar-refractivity contribution is 0.669. The van der Waals surface area contributed by atoms with Gasteiger partial charge in [0.25, 0.3) is 0 Å². The van der Waals surface area contributed by atoms with Gasteiger partial charge in [0, 0.05) is 10.8 Å². The molecule has 0 radical (unpaired) electrons. The van der Waals surface area contributed by atoms with Crippen LogP contribution in [-0.2, 0) is 0 Å². The molecule has 0 fully saturated rings. The molecule has 11 aromatic rings. The van der Waals surface area contributed by atoms with Crippen molar-refractivity contribution in [2.24, 2.45) is 0 Å². The van der Waals surface area contributed by atoms with E-state index in [-0.39, 0.29) is 32.7 Å². The van der Waals surface area contributed by atoms with Crippen molar-refractivity contribution in [1.82, 2.24) is 0 Å². The molecule has 0 unspecified atom stereocenters. The molecular formula is C50H30O. The van der Waals surface area contributed by atoms with Gasteiger partial charge in [0.05, 0.1) is 20.6 Å². The van der Waals surface area contributed by atoms with Crippen molar-refractivity contribution in [2.45, 2.75) is 0 Å². The van der Waals surface area contributed by atoms with E-state index < -0.39 is 107 Å². The summed E-state index contributed by atoms with van der Waals surface area (Å²) in [6, 6.07) is 19.4. The summed E-state index contributed by atoms with van der Waals surface area (Å²) in [6.07, 6.45) is 0. The van der Waals surface area contributed by atoms with E-state index in [4.69, 9.17) is 16.8 Å². The largest absolute Gasteiger partial charge is 0.456 e. The summed E-state index contributed by atoms with van der Waals surface area (Å²) in [5.41, 5.74) is 2.83. The van der Waals surface area contributed by atoms with E-state index in [2.05, 4.69) is 18.2 Å². The summed E-state index contributed by atoms with van der Waals surface area (Å²) in [4.78, 5) is 0. The van der Waals surface area contributed by atoms with Gasteiger partial charge in [-0.3, -0.25) is 0 Å². The maximum atomic E-state index is 9.45. The van der Waals surface area contributed by atoms with Gasteiger partial charge in [-0.2, -0.15) is 0 Å². The maximum absolute atomic E-state index is 9.45. The van der Waals surface area contributed by atoms with Gasteiger partial charge < -0.3 is 4.42 Å².